The Bertz CT molecular complexity index is 811. The molecule has 0 aliphatic carbocycles. The molecule has 0 unspecified atom stereocenters. The van der Waals surface area contributed by atoms with Gasteiger partial charge in [-0.05, 0) is 30.0 Å². The minimum atomic E-state index is -0.185. The normalized spacial score (nSPS) is 10.6. The average molecular weight is 342 g/mol. The number of para-hydroxylation sites is 1. The molecule has 124 valence electrons. The molecule has 0 atom stereocenters. The predicted octanol–water partition coefficient (Wildman–Crippen LogP) is 3.86. The molecule has 0 aliphatic heterocycles. The Morgan fingerprint density at radius 3 is 2.88 bits per heavy atom. The van der Waals surface area contributed by atoms with Crippen molar-refractivity contribution < 1.29 is 14.1 Å². The van der Waals surface area contributed by atoms with Gasteiger partial charge in [0.15, 0.2) is 11.5 Å². The lowest BCUT2D eigenvalue weighted by molar-refractivity contribution is 0.0763. The molecule has 24 heavy (non-hydrogen) atoms. The summed E-state index contributed by atoms with van der Waals surface area (Å²) in [6, 6.07) is 13.3. The van der Waals surface area contributed by atoms with Crippen molar-refractivity contribution in [2.45, 2.75) is 6.92 Å². The van der Waals surface area contributed by atoms with Crippen LogP contribution in [0.3, 0.4) is 0 Å². The molecule has 0 radical (unpaired) electrons. The molecule has 1 amide bonds. The van der Waals surface area contributed by atoms with E-state index < -0.39 is 0 Å². The number of carbonyl (C=O) groups excluding carboxylic acids is 1. The van der Waals surface area contributed by atoms with E-state index in [4.69, 9.17) is 9.26 Å². The van der Waals surface area contributed by atoms with Crippen molar-refractivity contribution in [3.63, 3.8) is 0 Å². The lowest BCUT2D eigenvalue weighted by Gasteiger charge is -2.16. The molecule has 6 heteroatoms. The van der Waals surface area contributed by atoms with E-state index in [0.717, 1.165) is 16.2 Å². The monoisotopic (exact) mass is 342 g/mol. The van der Waals surface area contributed by atoms with Crippen LogP contribution in [0.15, 0.2) is 52.4 Å². The first-order valence-electron chi connectivity index (χ1n) is 7.59. The van der Waals surface area contributed by atoms with Gasteiger partial charge in [0.05, 0.1) is 11.4 Å². The second-order valence-electron chi connectivity index (χ2n) is 5.39. The smallest absolute Gasteiger partial charge is 0.275 e. The molecule has 0 bridgehead atoms. The van der Waals surface area contributed by atoms with Gasteiger partial charge in [-0.15, -0.1) is 11.3 Å². The summed E-state index contributed by atoms with van der Waals surface area (Å²) in [5.41, 5.74) is 1.38. The Kier molecular flexibility index (Phi) is 4.96. The highest BCUT2D eigenvalue weighted by atomic mass is 32.1. The van der Waals surface area contributed by atoms with E-state index in [-0.39, 0.29) is 5.91 Å². The van der Waals surface area contributed by atoms with E-state index in [1.54, 1.807) is 29.4 Å². The summed E-state index contributed by atoms with van der Waals surface area (Å²) in [6.45, 7) is 2.88. The fourth-order valence-electron chi connectivity index (χ4n) is 2.22. The summed E-state index contributed by atoms with van der Waals surface area (Å²) in [5.74, 6) is 1.26. The quantitative estimate of drug-likeness (QED) is 0.682. The Balaban J connectivity index is 1.56. The van der Waals surface area contributed by atoms with Crippen LogP contribution in [0, 0.1) is 6.92 Å². The number of ether oxygens (including phenoxy) is 1. The maximum atomic E-state index is 12.4. The number of aromatic nitrogens is 1. The first kappa shape index (κ1) is 16.3. The number of hydrogen-bond acceptors (Lipinski definition) is 5. The first-order valence-corrected chi connectivity index (χ1v) is 8.47. The fraction of sp³-hybridized carbons (Fsp3) is 0.222. The van der Waals surface area contributed by atoms with E-state index in [9.17, 15) is 4.79 Å². The molecule has 0 saturated carbocycles. The SMILES string of the molecule is Cc1ccccc1OCCN(C)C(=O)c1cc(-c2cccs2)on1. The third-order valence-electron chi connectivity index (χ3n) is 3.62. The standard InChI is InChI=1S/C18H18N2O3S/c1-13-6-3-4-7-15(13)22-10-9-20(2)18(21)14-12-16(23-19-14)17-8-5-11-24-17/h3-8,11-12H,9-10H2,1-2H3. The van der Waals surface area contributed by atoms with Crippen LogP contribution in [0.4, 0.5) is 0 Å². The van der Waals surface area contributed by atoms with Gasteiger partial charge in [-0.25, -0.2) is 0 Å². The average Bonchev–Trinajstić information content (AvgIpc) is 3.27. The highest BCUT2D eigenvalue weighted by Gasteiger charge is 2.18. The predicted molar refractivity (Wildman–Crippen MR) is 93.5 cm³/mol. The Morgan fingerprint density at radius 1 is 1.29 bits per heavy atom. The molecule has 0 spiro atoms. The van der Waals surface area contributed by atoms with Crippen LogP contribution in [0.1, 0.15) is 16.1 Å². The summed E-state index contributed by atoms with van der Waals surface area (Å²) < 4.78 is 11.0. The zero-order valence-electron chi connectivity index (χ0n) is 13.6. The second kappa shape index (κ2) is 7.31. The van der Waals surface area contributed by atoms with Crippen molar-refractivity contribution >= 4 is 17.2 Å². The Labute approximate surface area is 144 Å². The van der Waals surface area contributed by atoms with Gasteiger partial charge in [0, 0.05) is 13.1 Å². The minimum Gasteiger partial charge on any atom is -0.491 e. The number of amides is 1. The second-order valence-corrected chi connectivity index (χ2v) is 6.34. The Morgan fingerprint density at radius 2 is 2.12 bits per heavy atom. The van der Waals surface area contributed by atoms with Crippen molar-refractivity contribution in [3.8, 4) is 16.4 Å². The third-order valence-corrected chi connectivity index (χ3v) is 4.50. The molecular weight excluding hydrogens is 324 g/mol. The maximum absolute atomic E-state index is 12.4. The summed E-state index contributed by atoms with van der Waals surface area (Å²) >= 11 is 1.54. The lowest BCUT2D eigenvalue weighted by Crippen LogP contribution is -2.31. The van der Waals surface area contributed by atoms with Crippen molar-refractivity contribution in [1.29, 1.82) is 0 Å². The number of aryl methyl sites for hydroxylation is 1. The molecule has 0 aliphatic rings. The third kappa shape index (κ3) is 3.65. The number of nitrogens with zero attached hydrogens (tertiary/aromatic N) is 2. The van der Waals surface area contributed by atoms with Crippen LogP contribution < -0.4 is 4.74 Å². The molecule has 0 saturated heterocycles. The summed E-state index contributed by atoms with van der Waals surface area (Å²) in [5, 5.41) is 5.83. The first-order chi connectivity index (χ1) is 11.6. The van der Waals surface area contributed by atoms with Crippen molar-refractivity contribution in [2.24, 2.45) is 0 Å². The molecular formula is C18H18N2O3S. The molecule has 0 N–H and O–H groups in total. The maximum Gasteiger partial charge on any atom is 0.275 e. The number of benzene rings is 1. The number of carbonyl (C=O) groups is 1. The highest BCUT2D eigenvalue weighted by Crippen LogP contribution is 2.25. The van der Waals surface area contributed by atoms with Crippen molar-refractivity contribution in [3.05, 3.63) is 59.1 Å². The Hall–Kier alpha value is -2.60. The van der Waals surface area contributed by atoms with Gasteiger partial charge >= 0.3 is 0 Å². The number of thiophene rings is 1. The van der Waals surface area contributed by atoms with Gasteiger partial charge in [0.25, 0.3) is 5.91 Å². The molecule has 5 nitrogen and oxygen atoms in total. The van der Waals surface area contributed by atoms with Gasteiger partial charge in [-0.2, -0.15) is 0 Å². The van der Waals surface area contributed by atoms with E-state index in [2.05, 4.69) is 5.16 Å². The van der Waals surface area contributed by atoms with Crippen LogP contribution in [0.25, 0.3) is 10.6 Å². The zero-order valence-corrected chi connectivity index (χ0v) is 14.4. The number of likely N-dealkylation sites (N-methyl/N-ethyl adjacent to an activating group) is 1. The van der Waals surface area contributed by atoms with Gasteiger partial charge in [0.1, 0.15) is 12.4 Å². The summed E-state index contributed by atoms with van der Waals surface area (Å²) in [4.78, 5) is 14.9. The molecule has 1 aromatic carbocycles. The largest absolute Gasteiger partial charge is 0.491 e. The van der Waals surface area contributed by atoms with E-state index in [0.29, 0.717) is 24.6 Å². The van der Waals surface area contributed by atoms with Gasteiger partial charge in [-0.1, -0.05) is 29.4 Å². The van der Waals surface area contributed by atoms with E-state index >= 15 is 0 Å². The minimum absolute atomic E-state index is 0.185. The molecule has 2 aromatic heterocycles. The van der Waals surface area contributed by atoms with Crippen LogP contribution in [-0.4, -0.2) is 36.2 Å². The molecule has 3 rings (SSSR count). The van der Waals surface area contributed by atoms with E-state index in [1.807, 2.05) is 48.7 Å². The molecule has 2 heterocycles. The van der Waals surface area contributed by atoms with E-state index in [1.165, 1.54) is 0 Å². The van der Waals surface area contributed by atoms with Gasteiger partial charge < -0.3 is 14.2 Å². The topological polar surface area (TPSA) is 55.6 Å². The van der Waals surface area contributed by atoms with Crippen LogP contribution in [0.5, 0.6) is 5.75 Å². The number of hydrogen-bond donors (Lipinski definition) is 0. The zero-order chi connectivity index (χ0) is 16.9. The number of rotatable bonds is 6. The lowest BCUT2D eigenvalue weighted by atomic mass is 10.2. The van der Waals surface area contributed by atoms with Gasteiger partial charge in [0.2, 0.25) is 0 Å². The van der Waals surface area contributed by atoms with Crippen molar-refractivity contribution in [2.75, 3.05) is 20.2 Å². The van der Waals surface area contributed by atoms with Crippen molar-refractivity contribution in [1.82, 2.24) is 10.1 Å². The molecule has 3 aromatic rings. The fourth-order valence-corrected chi connectivity index (χ4v) is 2.89. The summed E-state index contributed by atoms with van der Waals surface area (Å²) in [6.07, 6.45) is 0. The molecule has 0 fully saturated rings. The summed E-state index contributed by atoms with van der Waals surface area (Å²) in [7, 11) is 1.73. The van der Waals surface area contributed by atoms with Gasteiger partial charge in [-0.3, -0.25) is 4.79 Å². The van der Waals surface area contributed by atoms with Crippen LogP contribution in [0.2, 0.25) is 0 Å². The van der Waals surface area contributed by atoms with Crippen LogP contribution in [-0.2, 0) is 0 Å². The van der Waals surface area contributed by atoms with Crippen LogP contribution >= 0.6 is 11.3 Å². The highest BCUT2D eigenvalue weighted by molar-refractivity contribution is 7.13.